The van der Waals surface area contributed by atoms with Crippen molar-refractivity contribution in [2.75, 3.05) is 13.2 Å². The Kier molecular flexibility index (Phi) is 6.79. The second-order valence-corrected chi connectivity index (χ2v) is 9.06. The molecule has 2 aliphatic heterocycles. The predicted molar refractivity (Wildman–Crippen MR) is 104 cm³/mol. The number of hydrogen-bond donors (Lipinski definition) is 1. The largest absolute Gasteiger partial charge is 0.466 e. The van der Waals surface area contributed by atoms with Gasteiger partial charge in [0.1, 0.15) is 0 Å². The molecule has 1 saturated carbocycles. The van der Waals surface area contributed by atoms with E-state index in [1.54, 1.807) is 11.8 Å². The van der Waals surface area contributed by atoms with E-state index in [1.165, 1.54) is 0 Å². The number of rotatable bonds is 2. The molecule has 1 N–H and O–H groups in total. The van der Waals surface area contributed by atoms with Crippen molar-refractivity contribution >= 4 is 17.7 Å². The van der Waals surface area contributed by atoms with Crippen LogP contribution >= 0.6 is 0 Å². The summed E-state index contributed by atoms with van der Waals surface area (Å²) in [5.41, 5.74) is -0.707. The Balaban J connectivity index is 1.80. The molecule has 158 valence electrons. The number of fused-ring (bicyclic) bond motifs is 2. The summed E-state index contributed by atoms with van der Waals surface area (Å²) in [7, 11) is 0. The Labute approximate surface area is 168 Å². The number of ether oxygens (including phenoxy) is 1. The molecule has 2 heterocycles. The number of carbonyl (C=O) groups excluding carboxylic acids is 3. The van der Waals surface area contributed by atoms with Crippen LogP contribution in [-0.4, -0.2) is 53.0 Å². The number of amides is 1. The Morgan fingerprint density at radius 2 is 1.86 bits per heavy atom. The van der Waals surface area contributed by atoms with Crippen LogP contribution in [0.4, 0.5) is 0 Å². The minimum atomic E-state index is -0.707. The molecule has 6 nitrogen and oxygen atoms in total. The molecule has 1 aliphatic carbocycles. The first-order valence-corrected chi connectivity index (χ1v) is 11.1. The first-order valence-electron chi connectivity index (χ1n) is 11.1. The highest BCUT2D eigenvalue weighted by Crippen LogP contribution is 2.59. The van der Waals surface area contributed by atoms with Gasteiger partial charge in [-0.1, -0.05) is 39.0 Å². The van der Waals surface area contributed by atoms with Crippen molar-refractivity contribution in [1.29, 1.82) is 0 Å². The van der Waals surface area contributed by atoms with E-state index in [0.717, 1.165) is 44.9 Å². The van der Waals surface area contributed by atoms with Crippen LogP contribution in [-0.2, 0) is 19.1 Å². The number of Topliss-reactive ketones (excluding diaryl/α,β-unsaturated/α-hetero) is 1. The summed E-state index contributed by atoms with van der Waals surface area (Å²) in [5.74, 6) is -0.333. The van der Waals surface area contributed by atoms with Crippen LogP contribution in [0.3, 0.4) is 0 Å². The number of aliphatic hydroxyl groups excluding tert-OH is 1. The molecule has 3 rings (SSSR count). The topological polar surface area (TPSA) is 83.9 Å². The maximum absolute atomic E-state index is 13.2. The lowest BCUT2D eigenvalue weighted by Crippen LogP contribution is -2.44. The van der Waals surface area contributed by atoms with Gasteiger partial charge in [-0.15, -0.1) is 0 Å². The number of carbonyl (C=O) groups is 3. The average molecular weight is 394 g/mol. The molecule has 0 radical (unpaired) electrons. The van der Waals surface area contributed by atoms with E-state index in [9.17, 15) is 19.5 Å². The standard InChI is InChI=1S/C22H35NO5/c1-3-28-21(27)22-12-16(22)10-8-6-4-5-7-9-15(2)20(26)23-14-17(24)11-18(23)19(25)13-22/h15-18,24H,3-14H2,1-2H3/t15-,16-,17-,18-,22+/m0/s1. The van der Waals surface area contributed by atoms with E-state index in [-0.39, 0.29) is 48.9 Å². The number of hydrogen-bond acceptors (Lipinski definition) is 5. The fourth-order valence-corrected chi connectivity index (χ4v) is 5.14. The summed E-state index contributed by atoms with van der Waals surface area (Å²) >= 11 is 0. The quantitative estimate of drug-likeness (QED) is 0.730. The van der Waals surface area contributed by atoms with Gasteiger partial charge in [0.25, 0.3) is 0 Å². The van der Waals surface area contributed by atoms with Crippen LogP contribution in [0, 0.1) is 17.3 Å². The maximum atomic E-state index is 13.2. The molecule has 0 bridgehead atoms. The molecule has 6 heteroatoms. The maximum Gasteiger partial charge on any atom is 0.312 e. The predicted octanol–water partition coefficient (Wildman–Crippen LogP) is 2.86. The molecule has 28 heavy (non-hydrogen) atoms. The third kappa shape index (κ3) is 4.42. The smallest absolute Gasteiger partial charge is 0.312 e. The molecule has 0 spiro atoms. The fraction of sp³-hybridized carbons (Fsp3) is 0.864. The third-order valence-corrected chi connectivity index (χ3v) is 6.95. The van der Waals surface area contributed by atoms with Gasteiger partial charge in [0.2, 0.25) is 5.91 Å². The second-order valence-electron chi connectivity index (χ2n) is 9.06. The van der Waals surface area contributed by atoms with Crippen LogP contribution in [0.15, 0.2) is 0 Å². The SMILES string of the molecule is CCOC(=O)[C@]12CC(=O)[C@@H]3C[C@H](O)CN3C(=O)[C@@H](C)CCCCCCC[C@H]1C2. The minimum Gasteiger partial charge on any atom is -0.466 e. The lowest BCUT2D eigenvalue weighted by molar-refractivity contribution is -0.153. The molecule has 0 aromatic heterocycles. The van der Waals surface area contributed by atoms with Crippen molar-refractivity contribution in [2.45, 2.75) is 90.2 Å². The highest BCUT2D eigenvalue weighted by Gasteiger charge is 2.62. The third-order valence-electron chi connectivity index (χ3n) is 6.95. The average Bonchev–Trinajstić information content (AvgIpc) is 3.21. The molecule has 5 atom stereocenters. The van der Waals surface area contributed by atoms with Crippen LogP contribution < -0.4 is 0 Å². The lowest BCUT2D eigenvalue weighted by Gasteiger charge is -2.27. The van der Waals surface area contributed by atoms with Gasteiger partial charge in [0.15, 0.2) is 5.78 Å². The van der Waals surface area contributed by atoms with E-state index in [4.69, 9.17) is 4.74 Å². The zero-order valence-corrected chi connectivity index (χ0v) is 17.3. The van der Waals surface area contributed by atoms with Crippen molar-refractivity contribution in [3.63, 3.8) is 0 Å². The monoisotopic (exact) mass is 393 g/mol. The van der Waals surface area contributed by atoms with E-state index in [0.29, 0.717) is 13.0 Å². The van der Waals surface area contributed by atoms with Gasteiger partial charge in [0.05, 0.1) is 24.2 Å². The Morgan fingerprint density at radius 1 is 1.18 bits per heavy atom. The van der Waals surface area contributed by atoms with Gasteiger partial charge in [-0.3, -0.25) is 14.4 Å². The molecule has 3 aliphatic rings. The zero-order valence-electron chi connectivity index (χ0n) is 17.3. The molecular weight excluding hydrogens is 358 g/mol. The molecule has 0 unspecified atom stereocenters. The van der Waals surface area contributed by atoms with Gasteiger partial charge in [0, 0.05) is 25.3 Å². The summed E-state index contributed by atoms with van der Waals surface area (Å²) in [4.78, 5) is 40.4. The van der Waals surface area contributed by atoms with Crippen molar-refractivity contribution in [2.24, 2.45) is 17.3 Å². The van der Waals surface area contributed by atoms with Crippen LogP contribution in [0.2, 0.25) is 0 Å². The van der Waals surface area contributed by atoms with Gasteiger partial charge in [-0.25, -0.2) is 0 Å². The first-order chi connectivity index (χ1) is 13.4. The highest BCUT2D eigenvalue weighted by atomic mass is 16.5. The van der Waals surface area contributed by atoms with Gasteiger partial charge in [-0.2, -0.15) is 0 Å². The number of esters is 1. The molecule has 1 amide bonds. The van der Waals surface area contributed by atoms with Gasteiger partial charge in [-0.05, 0) is 32.1 Å². The first kappa shape index (κ1) is 21.3. The van der Waals surface area contributed by atoms with E-state index < -0.39 is 17.6 Å². The Bertz CT molecular complexity index is 606. The summed E-state index contributed by atoms with van der Waals surface area (Å²) in [6, 6.07) is -0.609. The fourth-order valence-electron chi connectivity index (χ4n) is 5.14. The van der Waals surface area contributed by atoms with Crippen molar-refractivity contribution in [1.82, 2.24) is 4.90 Å². The number of aliphatic hydroxyl groups is 1. The number of nitrogens with zero attached hydrogens (tertiary/aromatic N) is 1. The molecule has 0 aromatic rings. The van der Waals surface area contributed by atoms with Crippen LogP contribution in [0.1, 0.15) is 78.1 Å². The molecule has 3 fully saturated rings. The summed E-state index contributed by atoms with van der Waals surface area (Å²) in [5, 5.41) is 10.1. The van der Waals surface area contributed by atoms with Gasteiger partial charge < -0.3 is 14.7 Å². The second kappa shape index (κ2) is 8.93. The van der Waals surface area contributed by atoms with E-state index in [1.807, 2.05) is 6.92 Å². The van der Waals surface area contributed by atoms with Crippen molar-refractivity contribution < 1.29 is 24.2 Å². The van der Waals surface area contributed by atoms with E-state index in [2.05, 4.69) is 0 Å². The minimum absolute atomic E-state index is 0.0395. The Morgan fingerprint density at radius 3 is 2.57 bits per heavy atom. The summed E-state index contributed by atoms with van der Waals surface area (Å²) in [6.45, 7) is 4.24. The summed E-state index contributed by atoms with van der Waals surface area (Å²) < 4.78 is 5.31. The molecule has 0 aromatic carbocycles. The number of ketones is 1. The summed E-state index contributed by atoms with van der Waals surface area (Å²) in [6.07, 6.45) is 7.69. The van der Waals surface area contributed by atoms with Crippen molar-refractivity contribution in [3.8, 4) is 0 Å². The van der Waals surface area contributed by atoms with Crippen LogP contribution in [0.25, 0.3) is 0 Å². The highest BCUT2D eigenvalue weighted by molar-refractivity contribution is 5.95. The van der Waals surface area contributed by atoms with Crippen LogP contribution in [0.5, 0.6) is 0 Å². The molecule has 2 saturated heterocycles. The lowest BCUT2D eigenvalue weighted by atomic mass is 9.90. The van der Waals surface area contributed by atoms with Crippen molar-refractivity contribution in [3.05, 3.63) is 0 Å². The van der Waals surface area contributed by atoms with E-state index >= 15 is 0 Å². The normalized spacial score (nSPS) is 37.5. The molecular formula is C22H35NO5. The zero-order chi connectivity index (χ0) is 20.3. The Hall–Kier alpha value is -1.43. The van der Waals surface area contributed by atoms with Gasteiger partial charge >= 0.3 is 5.97 Å².